The minimum Gasteiger partial charge on any atom is -0.481 e. The highest BCUT2D eigenvalue weighted by atomic mass is 19.1. The molecule has 2 atom stereocenters. The first-order valence-corrected chi connectivity index (χ1v) is 11.4. The number of hydrogen-bond acceptors (Lipinski definition) is 4. The van der Waals surface area contributed by atoms with Gasteiger partial charge in [-0.3, -0.25) is 14.5 Å². The lowest BCUT2D eigenvalue weighted by Gasteiger charge is -2.39. The molecule has 3 N–H and O–H groups in total. The third-order valence-electron chi connectivity index (χ3n) is 6.57. The summed E-state index contributed by atoms with van der Waals surface area (Å²) in [5, 5.41) is 16.8. The van der Waals surface area contributed by atoms with Crippen LogP contribution in [-0.4, -0.2) is 30.6 Å². The molecule has 0 radical (unpaired) electrons. The third-order valence-corrected chi connectivity index (χ3v) is 6.57. The second-order valence-electron chi connectivity index (χ2n) is 8.69. The zero-order valence-electron chi connectivity index (χ0n) is 19.3. The van der Waals surface area contributed by atoms with Gasteiger partial charge >= 0.3 is 5.97 Å². The molecule has 8 heteroatoms. The molecular formula is C27H27F2N3O3. The fourth-order valence-corrected chi connectivity index (χ4v) is 4.76. The highest BCUT2D eigenvalue weighted by Gasteiger charge is 2.46. The van der Waals surface area contributed by atoms with Gasteiger partial charge in [-0.25, -0.2) is 8.78 Å². The minimum atomic E-state index is -1.41. The van der Waals surface area contributed by atoms with Crippen LogP contribution in [0.4, 0.5) is 25.8 Å². The monoisotopic (exact) mass is 479 g/mol. The summed E-state index contributed by atoms with van der Waals surface area (Å²) in [7, 11) is 1.79. The molecule has 4 rings (SSSR count). The fourth-order valence-electron chi connectivity index (χ4n) is 4.76. The number of rotatable bonds is 7. The van der Waals surface area contributed by atoms with Gasteiger partial charge in [-0.15, -0.1) is 0 Å². The fraction of sp³-hybridized carbons (Fsp3) is 0.259. The Hall–Kier alpha value is -3.78. The summed E-state index contributed by atoms with van der Waals surface area (Å²) in [6.07, 6.45) is -0.0608. The van der Waals surface area contributed by atoms with Crippen LogP contribution >= 0.6 is 0 Å². The molecule has 35 heavy (non-hydrogen) atoms. The maximum absolute atomic E-state index is 14.8. The Labute approximate surface area is 202 Å². The Bertz CT molecular complexity index is 1190. The molecule has 1 fully saturated rings. The molecule has 0 saturated carbocycles. The summed E-state index contributed by atoms with van der Waals surface area (Å²) in [6, 6.07) is 18.4. The zero-order chi connectivity index (χ0) is 25.0. The second-order valence-corrected chi connectivity index (χ2v) is 8.69. The van der Waals surface area contributed by atoms with E-state index in [-0.39, 0.29) is 30.3 Å². The SMILES string of the molecule is CNc1ccccc1C1CC(CC(=O)N(c2ccccc2F)c2ccccc2F)(C(=O)O)CCN1. The van der Waals surface area contributed by atoms with Crippen LogP contribution in [0.15, 0.2) is 72.8 Å². The molecule has 1 aliphatic rings. The molecular weight excluding hydrogens is 452 g/mol. The Morgan fingerprint density at radius 1 is 1.00 bits per heavy atom. The summed E-state index contributed by atoms with van der Waals surface area (Å²) in [5.74, 6) is -3.22. The van der Waals surface area contributed by atoms with E-state index < -0.39 is 35.3 Å². The standard InChI is InChI=1S/C27H27F2N3O3/c1-30-21-11-5-2-8-18(21)22-16-27(26(34)35,14-15-31-22)17-25(33)32(23-12-6-3-9-19(23)28)24-13-7-4-10-20(24)29/h2-13,22,30-31H,14-17H2,1H3,(H,34,35). The molecule has 1 aliphatic heterocycles. The predicted molar refractivity (Wildman–Crippen MR) is 131 cm³/mol. The first-order valence-electron chi connectivity index (χ1n) is 11.4. The average molecular weight is 480 g/mol. The van der Waals surface area contributed by atoms with Gasteiger partial charge in [0.2, 0.25) is 5.91 Å². The van der Waals surface area contributed by atoms with Crippen molar-refractivity contribution in [1.29, 1.82) is 0 Å². The van der Waals surface area contributed by atoms with Crippen LogP contribution in [-0.2, 0) is 9.59 Å². The van der Waals surface area contributed by atoms with Crippen LogP contribution in [0.1, 0.15) is 30.9 Å². The molecule has 0 spiro atoms. The molecule has 1 amide bonds. The van der Waals surface area contributed by atoms with Crippen molar-refractivity contribution in [3.8, 4) is 0 Å². The number of hydrogen-bond donors (Lipinski definition) is 3. The second kappa shape index (κ2) is 10.2. The van der Waals surface area contributed by atoms with Gasteiger partial charge < -0.3 is 15.7 Å². The Balaban J connectivity index is 1.71. The number of nitrogens with one attached hydrogen (secondary N) is 2. The van der Waals surface area contributed by atoms with Crippen molar-refractivity contribution in [2.24, 2.45) is 5.41 Å². The van der Waals surface area contributed by atoms with E-state index >= 15 is 0 Å². The van der Waals surface area contributed by atoms with E-state index in [0.717, 1.165) is 16.2 Å². The number of anilines is 3. The number of halogens is 2. The van der Waals surface area contributed by atoms with Gasteiger partial charge in [-0.05, 0) is 55.3 Å². The number of para-hydroxylation sites is 3. The van der Waals surface area contributed by atoms with Crippen LogP contribution < -0.4 is 15.5 Å². The van der Waals surface area contributed by atoms with Gasteiger partial charge in [0.15, 0.2) is 0 Å². The van der Waals surface area contributed by atoms with E-state index in [1.54, 1.807) is 19.2 Å². The van der Waals surface area contributed by atoms with Gasteiger partial charge in [-0.1, -0.05) is 42.5 Å². The normalized spacial score (nSPS) is 19.7. The Morgan fingerprint density at radius 3 is 2.14 bits per heavy atom. The molecule has 0 bridgehead atoms. The molecule has 0 aromatic heterocycles. The Morgan fingerprint density at radius 2 is 1.57 bits per heavy atom. The first kappa shape index (κ1) is 24.3. The summed E-state index contributed by atoms with van der Waals surface area (Å²) < 4.78 is 29.5. The molecule has 3 aromatic rings. The van der Waals surface area contributed by atoms with E-state index in [2.05, 4.69) is 10.6 Å². The first-order chi connectivity index (χ1) is 16.9. The van der Waals surface area contributed by atoms with Crippen molar-refractivity contribution >= 4 is 28.9 Å². The summed E-state index contributed by atoms with van der Waals surface area (Å²) in [6.45, 7) is 0.377. The lowest BCUT2D eigenvalue weighted by Crippen LogP contribution is -2.47. The van der Waals surface area contributed by atoms with Gasteiger partial charge in [-0.2, -0.15) is 0 Å². The highest BCUT2D eigenvalue weighted by molar-refractivity contribution is 6.02. The summed E-state index contributed by atoms with van der Waals surface area (Å²) in [4.78, 5) is 27.3. The zero-order valence-corrected chi connectivity index (χ0v) is 19.3. The average Bonchev–Trinajstić information content (AvgIpc) is 2.86. The number of amides is 1. The lowest BCUT2D eigenvalue weighted by atomic mass is 9.71. The highest BCUT2D eigenvalue weighted by Crippen LogP contribution is 2.43. The van der Waals surface area contributed by atoms with E-state index in [0.29, 0.717) is 6.54 Å². The number of aliphatic carboxylic acids is 1. The minimum absolute atomic E-state index is 0.130. The molecule has 3 aromatic carbocycles. The number of carboxylic acid groups (broad SMARTS) is 1. The molecule has 2 unspecified atom stereocenters. The Kier molecular flexibility index (Phi) is 7.12. The van der Waals surface area contributed by atoms with Gasteiger partial charge in [0.05, 0.1) is 16.8 Å². The third kappa shape index (κ3) is 4.88. The quantitative estimate of drug-likeness (QED) is 0.431. The van der Waals surface area contributed by atoms with Crippen LogP contribution in [0.5, 0.6) is 0 Å². The maximum atomic E-state index is 14.8. The lowest BCUT2D eigenvalue weighted by molar-refractivity contribution is -0.154. The number of nitrogens with zero attached hydrogens (tertiary/aromatic N) is 1. The van der Waals surface area contributed by atoms with E-state index in [1.165, 1.54) is 36.4 Å². The van der Waals surface area contributed by atoms with Crippen molar-refractivity contribution < 1.29 is 23.5 Å². The van der Waals surface area contributed by atoms with Crippen LogP contribution in [0, 0.1) is 17.0 Å². The van der Waals surface area contributed by atoms with E-state index in [1.807, 2.05) is 24.3 Å². The van der Waals surface area contributed by atoms with Gasteiger partial charge in [0.25, 0.3) is 0 Å². The number of carbonyl (C=O) groups is 2. The largest absolute Gasteiger partial charge is 0.481 e. The molecule has 0 aliphatic carbocycles. The predicted octanol–water partition coefficient (Wildman–Crippen LogP) is 5.26. The summed E-state index contributed by atoms with van der Waals surface area (Å²) in [5.41, 5.74) is 0.0794. The topological polar surface area (TPSA) is 81.7 Å². The van der Waals surface area contributed by atoms with Crippen molar-refractivity contribution in [1.82, 2.24) is 5.32 Å². The number of piperidine rings is 1. The molecule has 6 nitrogen and oxygen atoms in total. The molecule has 1 heterocycles. The van der Waals surface area contributed by atoms with Crippen molar-refractivity contribution in [2.45, 2.75) is 25.3 Å². The van der Waals surface area contributed by atoms with Crippen LogP contribution in [0.2, 0.25) is 0 Å². The van der Waals surface area contributed by atoms with Crippen LogP contribution in [0.25, 0.3) is 0 Å². The summed E-state index contributed by atoms with van der Waals surface area (Å²) >= 11 is 0. The number of carboxylic acids is 1. The van der Waals surface area contributed by atoms with Crippen LogP contribution in [0.3, 0.4) is 0 Å². The maximum Gasteiger partial charge on any atom is 0.310 e. The van der Waals surface area contributed by atoms with E-state index in [9.17, 15) is 23.5 Å². The van der Waals surface area contributed by atoms with E-state index in [4.69, 9.17) is 0 Å². The van der Waals surface area contributed by atoms with Crippen molar-refractivity contribution in [3.05, 3.63) is 90.0 Å². The number of benzene rings is 3. The van der Waals surface area contributed by atoms with Crippen molar-refractivity contribution in [2.75, 3.05) is 23.8 Å². The molecule has 182 valence electrons. The van der Waals surface area contributed by atoms with Crippen molar-refractivity contribution in [3.63, 3.8) is 0 Å². The molecule has 1 saturated heterocycles. The van der Waals surface area contributed by atoms with Gasteiger partial charge in [0.1, 0.15) is 11.6 Å². The smallest absolute Gasteiger partial charge is 0.310 e. The number of carbonyl (C=O) groups excluding carboxylic acids is 1. The van der Waals surface area contributed by atoms with Gasteiger partial charge in [0, 0.05) is 25.2 Å².